The molecule has 1 saturated heterocycles. The van der Waals surface area contributed by atoms with Crippen molar-refractivity contribution in [3.05, 3.63) is 0 Å². The molecule has 0 spiro atoms. The zero-order valence-electron chi connectivity index (χ0n) is 6.42. The maximum absolute atomic E-state index is 9.20. The molecule has 2 radical (unpaired) electrons. The SMILES string of the molecule is [B][C@]1(O)CO[C@H](CO)[C@@H](O)[C@@H]1O. The predicted octanol–water partition coefficient (Wildman–Crippen LogP) is -3.04. The summed E-state index contributed by atoms with van der Waals surface area (Å²) in [5.74, 6) is 0. The van der Waals surface area contributed by atoms with Crippen molar-refractivity contribution in [3.63, 3.8) is 0 Å². The number of aliphatic hydroxyl groups excluding tert-OH is 3. The minimum Gasteiger partial charge on any atom is -0.395 e. The Balaban J connectivity index is 2.65. The first kappa shape index (κ1) is 9.95. The maximum Gasteiger partial charge on any atom is 0.120 e. The highest BCUT2D eigenvalue weighted by atomic mass is 16.5. The lowest BCUT2D eigenvalue weighted by Gasteiger charge is -2.41. The summed E-state index contributed by atoms with van der Waals surface area (Å²) in [7, 11) is 5.17. The van der Waals surface area contributed by atoms with Gasteiger partial charge in [-0.15, -0.1) is 0 Å². The molecule has 0 aromatic heterocycles. The van der Waals surface area contributed by atoms with Crippen LogP contribution in [0.25, 0.3) is 0 Å². The molecule has 0 amide bonds. The van der Waals surface area contributed by atoms with Crippen molar-refractivity contribution in [2.75, 3.05) is 13.2 Å². The van der Waals surface area contributed by atoms with E-state index in [9.17, 15) is 15.3 Å². The molecule has 0 unspecified atom stereocenters. The van der Waals surface area contributed by atoms with Crippen LogP contribution in [0.15, 0.2) is 0 Å². The Morgan fingerprint density at radius 3 is 2.58 bits per heavy atom. The lowest BCUT2D eigenvalue weighted by Crippen LogP contribution is -2.62. The first-order valence-electron chi connectivity index (χ1n) is 3.59. The quantitative estimate of drug-likeness (QED) is 0.317. The highest BCUT2D eigenvalue weighted by Gasteiger charge is 2.44. The van der Waals surface area contributed by atoms with E-state index in [-0.39, 0.29) is 6.61 Å². The predicted molar refractivity (Wildman–Crippen MR) is 39.5 cm³/mol. The molecule has 6 heteroatoms. The van der Waals surface area contributed by atoms with E-state index in [0.717, 1.165) is 0 Å². The second kappa shape index (κ2) is 3.31. The van der Waals surface area contributed by atoms with Crippen molar-refractivity contribution in [3.8, 4) is 0 Å². The molecule has 1 aliphatic rings. The van der Waals surface area contributed by atoms with Crippen molar-refractivity contribution in [1.29, 1.82) is 0 Å². The first-order chi connectivity index (χ1) is 5.49. The molecule has 1 heterocycles. The summed E-state index contributed by atoms with van der Waals surface area (Å²) in [6, 6.07) is 0. The van der Waals surface area contributed by atoms with Gasteiger partial charge in [0, 0.05) is 0 Å². The molecular weight excluding hydrogens is 163 g/mol. The minimum atomic E-state index is -1.94. The first-order valence-corrected chi connectivity index (χ1v) is 3.59. The van der Waals surface area contributed by atoms with Crippen LogP contribution in [-0.4, -0.2) is 65.3 Å². The Morgan fingerprint density at radius 2 is 2.08 bits per heavy atom. The summed E-state index contributed by atoms with van der Waals surface area (Å²) in [6.45, 7) is -0.731. The third-order valence-corrected chi connectivity index (χ3v) is 1.93. The summed E-state index contributed by atoms with van der Waals surface area (Å²) in [6.07, 6.45) is -3.74. The zero-order valence-corrected chi connectivity index (χ0v) is 6.42. The normalized spacial score (nSPS) is 49.2. The van der Waals surface area contributed by atoms with Crippen LogP contribution in [0.4, 0.5) is 0 Å². The molecule has 0 bridgehead atoms. The van der Waals surface area contributed by atoms with E-state index >= 15 is 0 Å². The molecular formula is C6H11BO5. The Labute approximate surface area is 71.0 Å². The van der Waals surface area contributed by atoms with E-state index in [1.807, 2.05) is 0 Å². The van der Waals surface area contributed by atoms with Crippen LogP contribution in [-0.2, 0) is 4.74 Å². The topological polar surface area (TPSA) is 90.2 Å². The number of hydrogen-bond donors (Lipinski definition) is 4. The fourth-order valence-corrected chi connectivity index (χ4v) is 1.08. The highest BCUT2D eigenvalue weighted by Crippen LogP contribution is 2.21. The molecule has 12 heavy (non-hydrogen) atoms. The van der Waals surface area contributed by atoms with Gasteiger partial charge < -0.3 is 25.2 Å². The molecule has 4 N–H and O–H groups in total. The molecule has 0 aromatic rings. The van der Waals surface area contributed by atoms with Gasteiger partial charge in [-0.25, -0.2) is 0 Å². The number of ether oxygens (including phenoxy) is 1. The van der Waals surface area contributed by atoms with Gasteiger partial charge in [0.25, 0.3) is 0 Å². The lowest BCUT2D eigenvalue weighted by molar-refractivity contribution is -0.210. The van der Waals surface area contributed by atoms with Crippen molar-refractivity contribution in [2.45, 2.75) is 23.8 Å². The van der Waals surface area contributed by atoms with Crippen LogP contribution in [0.3, 0.4) is 0 Å². The van der Waals surface area contributed by atoms with E-state index in [2.05, 4.69) is 0 Å². The fraction of sp³-hybridized carbons (Fsp3) is 1.00. The standard InChI is InChI=1S/C6H11BO5/c7-6(11)2-12-3(1-8)4(9)5(6)10/h3-5,8-11H,1-2H2/t3-,4-,5+,6+/m1/s1. The number of aliphatic hydroxyl groups is 4. The van der Waals surface area contributed by atoms with Crippen molar-refractivity contribution in [1.82, 2.24) is 0 Å². The van der Waals surface area contributed by atoms with Crippen molar-refractivity contribution in [2.24, 2.45) is 0 Å². The van der Waals surface area contributed by atoms with Gasteiger partial charge in [-0.2, -0.15) is 0 Å². The third kappa shape index (κ3) is 1.62. The van der Waals surface area contributed by atoms with E-state index in [1.165, 1.54) is 0 Å². The number of rotatable bonds is 1. The molecule has 68 valence electrons. The van der Waals surface area contributed by atoms with Crippen molar-refractivity contribution >= 4 is 7.85 Å². The van der Waals surface area contributed by atoms with Crippen LogP contribution in [0.2, 0.25) is 0 Å². The summed E-state index contributed by atoms with van der Waals surface area (Å²) in [4.78, 5) is 0. The molecule has 0 aromatic carbocycles. The van der Waals surface area contributed by atoms with Gasteiger partial charge in [0.2, 0.25) is 0 Å². The molecule has 0 aliphatic carbocycles. The summed E-state index contributed by atoms with van der Waals surface area (Å²) < 4.78 is 4.79. The van der Waals surface area contributed by atoms with Gasteiger partial charge in [-0.05, 0) is 0 Å². The largest absolute Gasteiger partial charge is 0.395 e. The van der Waals surface area contributed by atoms with Crippen LogP contribution in [0, 0.1) is 0 Å². The molecule has 5 nitrogen and oxygen atoms in total. The average molecular weight is 174 g/mol. The molecule has 4 atom stereocenters. The molecule has 0 saturated carbocycles. The van der Waals surface area contributed by atoms with Gasteiger partial charge in [0.15, 0.2) is 0 Å². The lowest BCUT2D eigenvalue weighted by atomic mass is 9.73. The number of hydrogen-bond acceptors (Lipinski definition) is 5. The Hall–Kier alpha value is -0.135. The van der Waals surface area contributed by atoms with E-state index < -0.39 is 30.4 Å². The molecule has 1 rings (SSSR count). The van der Waals surface area contributed by atoms with Gasteiger partial charge in [0.1, 0.15) is 26.2 Å². The molecule has 1 aliphatic heterocycles. The van der Waals surface area contributed by atoms with E-state index in [0.29, 0.717) is 0 Å². The van der Waals surface area contributed by atoms with Gasteiger partial charge in [-0.3, -0.25) is 0 Å². The fourth-order valence-electron chi connectivity index (χ4n) is 1.08. The Bertz CT molecular complexity index is 162. The molecule has 1 fully saturated rings. The van der Waals surface area contributed by atoms with Gasteiger partial charge >= 0.3 is 0 Å². The third-order valence-electron chi connectivity index (χ3n) is 1.93. The minimum absolute atomic E-state index is 0.309. The monoisotopic (exact) mass is 174 g/mol. The zero-order chi connectivity index (χ0) is 9.35. The van der Waals surface area contributed by atoms with Crippen LogP contribution in [0.1, 0.15) is 0 Å². The van der Waals surface area contributed by atoms with Crippen molar-refractivity contribution < 1.29 is 25.2 Å². The smallest absolute Gasteiger partial charge is 0.120 e. The van der Waals surface area contributed by atoms with Gasteiger partial charge in [-0.1, -0.05) is 0 Å². The summed E-state index contributed by atoms with van der Waals surface area (Å²) in [5, 5.41) is 36.2. The van der Waals surface area contributed by atoms with Gasteiger partial charge in [0.05, 0.1) is 18.7 Å². The van der Waals surface area contributed by atoms with E-state index in [1.54, 1.807) is 0 Å². The maximum atomic E-state index is 9.20. The second-order valence-electron chi connectivity index (χ2n) is 2.96. The van der Waals surface area contributed by atoms with Crippen LogP contribution >= 0.6 is 0 Å². The van der Waals surface area contributed by atoms with Crippen LogP contribution < -0.4 is 0 Å². The van der Waals surface area contributed by atoms with E-state index in [4.69, 9.17) is 17.7 Å². The second-order valence-corrected chi connectivity index (χ2v) is 2.96. The summed E-state index contributed by atoms with van der Waals surface area (Å²) >= 11 is 0. The average Bonchev–Trinajstić information content (AvgIpc) is 2.01. The highest BCUT2D eigenvalue weighted by molar-refractivity contribution is 6.15. The van der Waals surface area contributed by atoms with Crippen LogP contribution in [0.5, 0.6) is 0 Å². The summed E-state index contributed by atoms with van der Waals surface area (Å²) in [5.41, 5.74) is -1.94. The Kier molecular flexibility index (Phi) is 2.75. The Morgan fingerprint density at radius 1 is 1.50 bits per heavy atom.